The van der Waals surface area contributed by atoms with Gasteiger partial charge in [-0.1, -0.05) is 56.6 Å². The number of nitrogens with one attached hydrogen (secondary N) is 1. The van der Waals surface area contributed by atoms with Crippen molar-refractivity contribution in [2.24, 2.45) is 0 Å². The molecule has 0 saturated heterocycles. The van der Waals surface area contributed by atoms with Crippen LogP contribution in [0.2, 0.25) is 5.02 Å². The zero-order chi connectivity index (χ0) is 20.3. The normalized spacial score (nSPS) is 11.3. The van der Waals surface area contributed by atoms with Gasteiger partial charge in [0.15, 0.2) is 5.82 Å². The molecule has 28 heavy (non-hydrogen) atoms. The lowest BCUT2D eigenvalue weighted by molar-refractivity contribution is -0.109. The van der Waals surface area contributed by atoms with E-state index in [-0.39, 0.29) is 11.3 Å². The van der Waals surface area contributed by atoms with Gasteiger partial charge >= 0.3 is 0 Å². The first-order chi connectivity index (χ1) is 13.3. The highest BCUT2D eigenvalue weighted by Crippen LogP contribution is 2.32. The first-order valence-electron chi connectivity index (χ1n) is 8.93. The van der Waals surface area contributed by atoms with Crippen molar-refractivity contribution in [1.29, 1.82) is 0 Å². The highest BCUT2D eigenvalue weighted by Gasteiger charge is 2.16. The Morgan fingerprint density at radius 2 is 1.89 bits per heavy atom. The van der Waals surface area contributed by atoms with Gasteiger partial charge in [-0.25, -0.2) is 4.98 Å². The van der Waals surface area contributed by atoms with E-state index >= 15 is 0 Å². The molecule has 0 radical (unpaired) electrons. The molecule has 1 aromatic heterocycles. The van der Waals surface area contributed by atoms with Crippen molar-refractivity contribution < 1.29 is 9.90 Å². The molecule has 0 saturated carbocycles. The Balaban J connectivity index is 2.07. The molecule has 1 amide bonds. The summed E-state index contributed by atoms with van der Waals surface area (Å²) in [5, 5.41) is 13.3. The lowest BCUT2D eigenvalue weighted by atomic mass is 9.86. The Labute approximate surface area is 169 Å². The standard InChI is InChI=1S/C22H22ClN3O2/c1-22(2,3)16-6-4-5-15(10-16)19-11-20(28)26-21(25-19)17-9-14(12-24-13-27)7-8-18(17)23/h4-11,13H,12H2,1-3H3,(H,24,27)(H,25,26,28). The van der Waals surface area contributed by atoms with Crippen LogP contribution in [0.5, 0.6) is 5.88 Å². The molecule has 0 bridgehead atoms. The van der Waals surface area contributed by atoms with Crippen LogP contribution in [0.4, 0.5) is 0 Å². The lowest BCUT2D eigenvalue weighted by Crippen LogP contribution is -2.10. The number of carbonyl (C=O) groups is 1. The average Bonchev–Trinajstić information content (AvgIpc) is 2.66. The molecule has 0 unspecified atom stereocenters. The molecule has 0 spiro atoms. The highest BCUT2D eigenvalue weighted by molar-refractivity contribution is 6.33. The molecule has 0 fully saturated rings. The maximum Gasteiger partial charge on any atom is 0.215 e. The Hall–Kier alpha value is -2.92. The van der Waals surface area contributed by atoms with E-state index < -0.39 is 0 Å². The number of aromatic hydroxyl groups is 1. The predicted molar refractivity (Wildman–Crippen MR) is 111 cm³/mol. The van der Waals surface area contributed by atoms with Crippen LogP contribution in [0.3, 0.4) is 0 Å². The van der Waals surface area contributed by atoms with Gasteiger partial charge in [-0.2, -0.15) is 4.98 Å². The smallest absolute Gasteiger partial charge is 0.215 e. The number of aromatic nitrogens is 2. The zero-order valence-corrected chi connectivity index (χ0v) is 16.8. The molecular weight excluding hydrogens is 374 g/mol. The van der Waals surface area contributed by atoms with E-state index in [0.717, 1.165) is 11.1 Å². The molecule has 5 nitrogen and oxygen atoms in total. The van der Waals surface area contributed by atoms with Crippen LogP contribution in [0.15, 0.2) is 48.5 Å². The minimum absolute atomic E-state index is 0.00284. The van der Waals surface area contributed by atoms with Crippen LogP contribution >= 0.6 is 11.6 Å². The topological polar surface area (TPSA) is 75.1 Å². The molecule has 0 aliphatic carbocycles. The lowest BCUT2D eigenvalue weighted by Gasteiger charge is -2.19. The third-order valence-electron chi connectivity index (χ3n) is 4.40. The number of carbonyl (C=O) groups excluding carboxylic acids is 1. The number of amides is 1. The van der Waals surface area contributed by atoms with E-state index in [2.05, 4.69) is 48.2 Å². The van der Waals surface area contributed by atoms with E-state index in [4.69, 9.17) is 11.6 Å². The second-order valence-electron chi connectivity index (χ2n) is 7.58. The third kappa shape index (κ3) is 4.49. The summed E-state index contributed by atoms with van der Waals surface area (Å²) < 4.78 is 0. The van der Waals surface area contributed by atoms with E-state index in [1.807, 2.05) is 24.3 Å². The van der Waals surface area contributed by atoms with Crippen molar-refractivity contribution in [3.8, 4) is 28.5 Å². The zero-order valence-electron chi connectivity index (χ0n) is 16.0. The Morgan fingerprint density at radius 1 is 1.11 bits per heavy atom. The number of hydrogen-bond acceptors (Lipinski definition) is 4. The number of rotatable bonds is 5. The third-order valence-corrected chi connectivity index (χ3v) is 4.73. The van der Waals surface area contributed by atoms with Crippen LogP contribution in [0.1, 0.15) is 31.9 Å². The summed E-state index contributed by atoms with van der Waals surface area (Å²) in [6, 6.07) is 15.0. The molecule has 3 rings (SSSR count). The molecular formula is C22H22ClN3O2. The van der Waals surface area contributed by atoms with Gasteiger partial charge < -0.3 is 10.4 Å². The fourth-order valence-corrected chi connectivity index (χ4v) is 3.06. The average molecular weight is 396 g/mol. The molecule has 2 N–H and O–H groups in total. The van der Waals surface area contributed by atoms with Gasteiger partial charge in [-0.3, -0.25) is 4.79 Å². The van der Waals surface area contributed by atoms with Gasteiger partial charge in [0.2, 0.25) is 12.3 Å². The minimum atomic E-state index is -0.131. The van der Waals surface area contributed by atoms with Gasteiger partial charge in [0.25, 0.3) is 0 Å². The van der Waals surface area contributed by atoms with Gasteiger partial charge in [0, 0.05) is 23.7 Å². The minimum Gasteiger partial charge on any atom is -0.493 e. The Morgan fingerprint density at radius 3 is 2.61 bits per heavy atom. The van der Waals surface area contributed by atoms with Crippen molar-refractivity contribution >= 4 is 18.0 Å². The van der Waals surface area contributed by atoms with E-state index in [1.54, 1.807) is 6.07 Å². The first-order valence-corrected chi connectivity index (χ1v) is 9.30. The second kappa shape index (κ2) is 7.98. The van der Waals surface area contributed by atoms with Crippen LogP contribution in [0.25, 0.3) is 22.6 Å². The summed E-state index contributed by atoms with van der Waals surface area (Å²) in [6.45, 7) is 6.81. The van der Waals surface area contributed by atoms with Crippen molar-refractivity contribution in [3.63, 3.8) is 0 Å². The van der Waals surface area contributed by atoms with Crippen molar-refractivity contribution in [1.82, 2.24) is 15.3 Å². The Kier molecular flexibility index (Phi) is 5.66. The van der Waals surface area contributed by atoms with Crippen molar-refractivity contribution in [2.75, 3.05) is 0 Å². The maximum atomic E-state index is 10.5. The van der Waals surface area contributed by atoms with Crippen molar-refractivity contribution in [2.45, 2.75) is 32.7 Å². The second-order valence-corrected chi connectivity index (χ2v) is 7.99. The van der Waals surface area contributed by atoms with Crippen LogP contribution in [-0.2, 0) is 16.8 Å². The fraction of sp³-hybridized carbons (Fsp3) is 0.227. The SMILES string of the molecule is CC(C)(C)c1cccc(-c2cc(O)nc(-c3cc(CNC=O)ccc3Cl)n2)c1. The van der Waals surface area contributed by atoms with E-state index in [0.29, 0.717) is 35.1 Å². The molecule has 1 heterocycles. The molecule has 3 aromatic rings. The monoisotopic (exact) mass is 395 g/mol. The van der Waals surface area contributed by atoms with E-state index in [9.17, 15) is 9.90 Å². The van der Waals surface area contributed by atoms with Crippen LogP contribution in [-0.4, -0.2) is 21.5 Å². The summed E-state index contributed by atoms with van der Waals surface area (Å²) in [5.41, 5.74) is 4.12. The molecule has 144 valence electrons. The number of hydrogen-bond donors (Lipinski definition) is 2. The molecule has 2 aromatic carbocycles. The predicted octanol–water partition coefficient (Wildman–Crippen LogP) is 4.71. The maximum absolute atomic E-state index is 10.5. The quantitative estimate of drug-likeness (QED) is 0.613. The van der Waals surface area contributed by atoms with Gasteiger partial charge in [-0.15, -0.1) is 0 Å². The van der Waals surface area contributed by atoms with E-state index in [1.165, 1.54) is 11.6 Å². The molecule has 6 heteroatoms. The molecule has 0 aliphatic rings. The largest absolute Gasteiger partial charge is 0.493 e. The van der Waals surface area contributed by atoms with Gasteiger partial charge in [-0.05, 0) is 34.7 Å². The summed E-state index contributed by atoms with van der Waals surface area (Å²) in [5.74, 6) is 0.197. The highest BCUT2D eigenvalue weighted by atomic mass is 35.5. The number of halogens is 1. The number of nitrogens with zero attached hydrogens (tertiary/aromatic N) is 2. The molecule has 0 atom stereocenters. The summed E-state index contributed by atoms with van der Waals surface area (Å²) >= 11 is 6.35. The summed E-state index contributed by atoms with van der Waals surface area (Å²) in [7, 11) is 0. The fourth-order valence-electron chi connectivity index (χ4n) is 2.86. The number of benzene rings is 2. The van der Waals surface area contributed by atoms with Crippen LogP contribution in [0, 0.1) is 0 Å². The van der Waals surface area contributed by atoms with Gasteiger partial charge in [0.1, 0.15) is 0 Å². The summed E-state index contributed by atoms with van der Waals surface area (Å²) in [4.78, 5) is 19.3. The van der Waals surface area contributed by atoms with Gasteiger partial charge in [0.05, 0.1) is 10.7 Å². The molecule has 0 aliphatic heterocycles. The van der Waals surface area contributed by atoms with Crippen molar-refractivity contribution in [3.05, 3.63) is 64.7 Å². The summed E-state index contributed by atoms with van der Waals surface area (Å²) in [6.07, 6.45) is 0.638. The first kappa shape index (κ1) is 19.8. The Bertz CT molecular complexity index is 1010. The van der Waals surface area contributed by atoms with Crippen LogP contribution < -0.4 is 5.32 Å².